The molecule has 1 aliphatic rings. The normalized spacial score (nSPS) is 21.8. The summed E-state index contributed by atoms with van der Waals surface area (Å²) in [5.74, 6) is -0.520. The van der Waals surface area contributed by atoms with E-state index in [-0.39, 0.29) is 17.4 Å². The first-order valence-corrected chi connectivity index (χ1v) is 8.63. The topological polar surface area (TPSA) is 80.5 Å². The minimum atomic E-state index is -3.01. The standard InChI is InChI=1S/C11H13N3O3S2/c15-10(8-1-4-19(16,17)7-8)12-5-9-6-14-2-3-18-11(14)13-9/h2-3,6,8H,1,4-5,7H2,(H,12,15)/t8-/m0/s1. The number of carbonyl (C=O) groups is 1. The van der Waals surface area contributed by atoms with Gasteiger partial charge in [0, 0.05) is 17.8 Å². The van der Waals surface area contributed by atoms with E-state index in [4.69, 9.17) is 0 Å². The maximum absolute atomic E-state index is 11.9. The van der Waals surface area contributed by atoms with E-state index in [0.29, 0.717) is 13.0 Å². The molecule has 3 heterocycles. The molecule has 0 spiro atoms. The van der Waals surface area contributed by atoms with Gasteiger partial charge in [-0.2, -0.15) is 0 Å². The van der Waals surface area contributed by atoms with Crippen molar-refractivity contribution in [3.63, 3.8) is 0 Å². The van der Waals surface area contributed by atoms with Crippen molar-refractivity contribution in [1.29, 1.82) is 0 Å². The van der Waals surface area contributed by atoms with Gasteiger partial charge in [-0.1, -0.05) is 0 Å². The van der Waals surface area contributed by atoms with Crippen molar-refractivity contribution in [1.82, 2.24) is 14.7 Å². The molecule has 1 saturated heterocycles. The molecule has 1 amide bonds. The SMILES string of the molecule is O=C(NCc1cn2ccsc2n1)[C@H]1CCS(=O)(=O)C1. The minimum absolute atomic E-state index is 0.0306. The number of rotatable bonds is 3. The number of hydrogen-bond acceptors (Lipinski definition) is 5. The summed E-state index contributed by atoms with van der Waals surface area (Å²) < 4.78 is 24.5. The fraction of sp³-hybridized carbons (Fsp3) is 0.455. The highest BCUT2D eigenvalue weighted by Crippen LogP contribution is 2.18. The average Bonchev–Trinajstić information content (AvgIpc) is 2.99. The zero-order valence-corrected chi connectivity index (χ0v) is 11.7. The predicted octanol–water partition coefficient (Wildman–Crippen LogP) is 0.447. The molecule has 0 radical (unpaired) electrons. The molecule has 0 unspecified atom stereocenters. The Morgan fingerprint density at radius 2 is 2.42 bits per heavy atom. The quantitative estimate of drug-likeness (QED) is 0.892. The monoisotopic (exact) mass is 299 g/mol. The van der Waals surface area contributed by atoms with Crippen LogP contribution in [0.3, 0.4) is 0 Å². The number of fused-ring (bicyclic) bond motifs is 1. The molecule has 2 aromatic heterocycles. The van der Waals surface area contributed by atoms with Crippen LogP contribution in [0.4, 0.5) is 0 Å². The lowest BCUT2D eigenvalue weighted by Gasteiger charge is -2.07. The maximum atomic E-state index is 11.9. The highest BCUT2D eigenvalue weighted by molar-refractivity contribution is 7.91. The van der Waals surface area contributed by atoms with Crippen molar-refractivity contribution < 1.29 is 13.2 Å². The van der Waals surface area contributed by atoms with E-state index < -0.39 is 15.8 Å². The second-order valence-electron chi connectivity index (χ2n) is 4.64. The van der Waals surface area contributed by atoms with E-state index in [2.05, 4.69) is 10.3 Å². The summed E-state index contributed by atoms with van der Waals surface area (Å²) in [4.78, 5) is 17.1. The average molecular weight is 299 g/mol. The Kier molecular flexibility index (Phi) is 3.06. The molecule has 0 bridgehead atoms. The van der Waals surface area contributed by atoms with Gasteiger partial charge in [-0.15, -0.1) is 11.3 Å². The summed E-state index contributed by atoms with van der Waals surface area (Å²) in [5, 5.41) is 4.69. The van der Waals surface area contributed by atoms with E-state index in [1.54, 1.807) is 0 Å². The van der Waals surface area contributed by atoms with Gasteiger partial charge in [0.05, 0.1) is 29.7 Å². The van der Waals surface area contributed by atoms with Crippen LogP contribution >= 0.6 is 11.3 Å². The van der Waals surface area contributed by atoms with Crippen LogP contribution in [0.2, 0.25) is 0 Å². The second-order valence-corrected chi connectivity index (χ2v) is 7.74. The number of nitrogens with zero attached hydrogens (tertiary/aromatic N) is 2. The predicted molar refractivity (Wildman–Crippen MR) is 71.7 cm³/mol. The smallest absolute Gasteiger partial charge is 0.224 e. The zero-order valence-electron chi connectivity index (χ0n) is 10.1. The fourth-order valence-corrected chi connectivity index (χ4v) is 4.65. The van der Waals surface area contributed by atoms with Crippen LogP contribution in [0.1, 0.15) is 12.1 Å². The van der Waals surface area contributed by atoms with Crippen molar-refractivity contribution in [2.45, 2.75) is 13.0 Å². The number of aromatic nitrogens is 2. The van der Waals surface area contributed by atoms with Crippen LogP contribution in [0.15, 0.2) is 17.8 Å². The maximum Gasteiger partial charge on any atom is 0.224 e. The number of hydrogen-bond donors (Lipinski definition) is 1. The van der Waals surface area contributed by atoms with Crippen LogP contribution in [0.25, 0.3) is 4.96 Å². The molecule has 102 valence electrons. The number of nitrogens with one attached hydrogen (secondary N) is 1. The van der Waals surface area contributed by atoms with E-state index in [1.165, 1.54) is 11.3 Å². The largest absolute Gasteiger partial charge is 0.350 e. The summed E-state index contributed by atoms with van der Waals surface area (Å²) >= 11 is 1.53. The van der Waals surface area contributed by atoms with Crippen LogP contribution in [-0.2, 0) is 21.2 Å². The van der Waals surface area contributed by atoms with Crippen LogP contribution < -0.4 is 5.32 Å². The summed E-state index contributed by atoms with van der Waals surface area (Å²) in [5.41, 5.74) is 0.779. The molecule has 3 rings (SSSR count). The van der Waals surface area contributed by atoms with Crippen LogP contribution in [0, 0.1) is 5.92 Å². The van der Waals surface area contributed by atoms with Gasteiger partial charge < -0.3 is 5.32 Å². The molecule has 0 aliphatic carbocycles. The Balaban J connectivity index is 1.60. The zero-order chi connectivity index (χ0) is 13.5. The van der Waals surface area contributed by atoms with E-state index in [0.717, 1.165) is 10.7 Å². The third-order valence-electron chi connectivity index (χ3n) is 3.19. The van der Waals surface area contributed by atoms with Gasteiger partial charge in [0.2, 0.25) is 5.91 Å². The number of amides is 1. The first-order valence-electron chi connectivity index (χ1n) is 5.93. The third-order valence-corrected chi connectivity index (χ3v) is 5.73. The molecule has 1 N–H and O–H groups in total. The van der Waals surface area contributed by atoms with Gasteiger partial charge >= 0.3 is 0 Å². The molecule has 1 fully saturated rings. The molecule has 8 heteroatoms. The number of sulfone groups is 1. The lowest BCUT2D eigenvalue weighted by molar-refractivity contribution is -0.124. The van der Waals surface area contributed by atoms with Crippen molar-refractivity contribution >= 4 is 32.0 Å². The molecule has 2 aromatic rings. The minimum Gasteiger partial charge on any atom is -0.350 e. The Labute approximate surface area is 114 Å². The third kappa shape index (κ3) is 2.64. The summed E-state index contributed by atoms with van der Waals surface area (Å²) in [6.07, 6.45) is 4.19. The highest BCUT2D eigenvalue weighted by atomic mass is 32.2. The molecule has 19 heavy (non-hydrogen) atoms. The van der Waals surface area contributed by atoms with Gasteiger partial charge in [-0.25, -0.2) is 13.4 Å². The molecule has 1 aliphatic heterocycles. The van der Waals surface area contributed by atoms with Gasteiger partial charge in [0.15, 0.2) is 14.8 Å². The van der Waals surface area contributed by atoms with Crippen LogP contribution in [0.5, 0.6) is 0 Å². The summed E-state index contributed by atoms with van der Waals surface area (Å²) in [6, 6.07) is 0. The Morgan fingerprint density at radius 3 is 3.11 bits per heavy atom. The van der Waals surface area contributed by atoms with E-state index in [1.807, 2.05) is 22.2 Å². The lowest BCUT2D eigenvalue weighted by atomic mass is 10.1. The number of carbonyl (C=O) groups excluding carboxylic acids is 1. The van der Waals surface area contributed by atoms with E-state index >= 15 is 0 Å². The number of thiazole rings is 1. The van der Waals surface area contributed by atoms with Gasteiger partial charge in [0.25, 0.3) is 0 Å². The molecule has 6 nitrogen and oxygen atoms in total. The Morgan fingerprint density at radius 1 is 1.58 bits per heavy atom. The second kappa shape index (κ2) is 4.61. The molecule has 1 atom stereocenters. The van der Waals surface area contributed by atoms with E-state index in [9.17, 15) is 13.2 Å². The fourth-order valence-electron chi connectivity index (χ4n) is 2.19. The van der Waals surface area contributed by atoms with Gasteiger partial charge in [-0.05, 0) is 6.42 Å². The van der Waals surface area contributed by atoms with Crippen LogP contribution in [-0.4, -0.2) is 35.2 Å². The molecule has 0 saturated carbocycles. The Hall–Kier alpha value is -1.41. The Bertz CT molecular complexity index is 688. The highest BCUT2D eigenvalue weighted by Gasteiger charge is 2.32. The van der Waals surface area contributed by atoms with Crippen molar-refractivity contribution in [2.75, 3.05) is 11.5 Å². The van der Waals surface area contributed by atoms with Gasteiger partial charge in [0.1, 0.15) is 0 Å². The lowest BCUT2D eigenvalue weighted by Crippen LogP contribution is -2.31. The van der Waals surface area contributed by atoms with Crippen molar-refractivity contribution in [3.8, 4) is 0 Å². The summed E-state index contributed by atoms with van der Waals surface area (Å²) in [7, 11) is -3.01. The first-order chi connectivity index (χ1) is 9.03. The molecular weight excluding hydrogens is 286 g/mol. The van der Waals surface area contributed by atoms with Gasteiger partial charge in [-0.3, -0.25) is 9.20 Å². The first kappa shape index (κ1) is 12.6. The van der Waals surface area contributed by atoms with Crippen molar-refractivity contribution in [3.05, 3.63) is 23.5 Å². The molecular formula is C11H13N3O3S2. The summed E-state index contributed by atoms with van der Waals surface area (Å²) in [6.45, 7) is 0.337. The molecule has 0 aromatic carbocycles. The van der Waals surface area contributed by atoms with Crippen molar-refractivity contribution in [2.24, 2.45) is 5.92 Å². The number of imidazole rings is 1.